The van der Waals surface area contributed by atoms with E-state index in [4.69, 9.17) is 4.74 Å². The van der Waals surface area contributed by atoms with Crippen molar-refractivity contribution in [2.24, 2.45) is 0 Å². The van der Waals surface area contributed by atoms with Crippen LogP contribution in [0.3, 0.4) is 0 Å². The number of nitro groups is 1. The number of ether oxygens (including phenoxy) is 1. The molecule has 0 aromatic heterocycles. The monoisotopic (exact) mass is 239 g/mol. The zero-order valence-corrected chi connectivity index (χ0v) is 9.81. The van der Waals surface area contributed by atoms with Crippen molar-refractivity contribution in [1.29, 1.82) is 0 Å². The Balaban J connectivity index is 2.83. The minimum absolute atomic E-state index is 0.0294. The number of rotatable bonds is 5. The minimum atomic E-state index is -0.424. The molecule has 0 bridgehead atoms. The van der Waals surface area contributed by atoms with Crippen molar-refractivity contribution >= 4 is 18.3 Å². The molecule has 0 unspecified atom stereocenters. The normalized spacial score (nSPS) is 10.6. The van der Waals surface area contributed by atoms with Gasteiger partial charge in [-0.05, 0) is 13.0 Å². The van der Waals surface area contributed by atoms with Gasteiger partial charge in [-0.25, -0.2) is 0 Å². The summed E-state index contributed by atoms with van der Waals surface area (Å²) < 4.78 is 5.32. The molecule has 0 saturated heterocycles. The molecule has 0 aliphatic rings. The molecule has 4 nitrogen and oxygen atoms in total. The smallest absolute Gasteiger partial charge is 0.313 e. The number of para-hydroxylation sites is 1. The van der Waals surface area contributed by atoms with Gasteiger partial charge in [-0.3, -0.25) is 10.1 Å². The number of aryl methyl sites for hydroxylation is 1. The van der Waals surface area contributed by atoms with E-state index in [1.807, 2.05) is 6.08 Å². The van der Waals surface area contributed by atoms with Crippen LogP contribution in [0.15, 0.2) is 30.4 Å². The summed E-state index contributed by atoms with van der Waals surface area (Å²) in [4.78, 5) is 10.4. The molecule has 0 aliphatic carbocycles. The third-order valence-corrected chi connectivity index (χ3v) is 2.20. The van der Waals surface area contributed by atoms with Gasteiger partial charge in [-0.15, -0.1) is 0 Å². The SMILES string of the molecule is Cc1cccc(OCC=CCS)c1[N+](=O)[O-]. The molecule has 1 rings (SSSR count). The Labute approximate surface area is 99.5 Å². The molecule has 0 saturated carbocycles. The molecule has 0 amide bonds. The molecular formula is C11H13NO3S. The van der Waals surface area contributed by atoms with Crippen molar-refractivity contribution in [2.45, 2.75) is 6.92 Å². The van der Waals surface area contributed by atoms with E-state index in [-0.39, 0.29) is 5.69 Å². The van der Waals surface area contributed by atoms with Gasteiger partial charge in [0.25, 0.3) is 0 Å². The molecular weight excluding hydrogens is 226 g/mol. The molecule has 86 valence electrons. The number of nitro benzene ring substituents is 1. The van der Waals surface area contributed by atoms with Crippen molar-refractivity contribution in [3.63, 3.8) is 0 Å². The van der Waals surface area contributed by atoms with Crippen molar-refractivity contribution in [3.05, 3.63) is 46.0 Å². The Bertz CT molecular complexity index is 404. The first kappa shape index (κ1) is 12.6. The van der Waals surface area contributed by atoms with Gasteiger partial charge in [0.1, 0.15) is 6.61 Å². The summed E-state index contributed by atoms with van der Waals surface area (Å²) in [5.41, 5.74) is 0.627. The van der Waals surface area contributed by atoms with Crippen LogP contribution in [0, 0.1) is 17.0 Å². The van der Waals surface area contributed by atoms with Crippen LogP contribution in [0.25, 0.3) is 0 Å². The molecule has 16 heavy (non-hydrogen) atoms. The van der Waals surface area contributed by atoms with Crippen molar-refractivity contribution < 1.29 is 9.66 Å². The lowest BCUT2D eigenvalue weighted by Gasteiger charge is -2.05. The summed E-state index contributed by atoms with van der Waals surface area (Å²) in [6.07, 6.45) is 3.60. The fraction of sp³-hybridized carbons (Fsp3) is 0.273. The predicted molar refractivity (Wildman–Crippen MR) is 66.3 cm³/mol. The third-order valence-electron chi connectivity index (χ3n) is 1.99. The van der Waals surface area contributed by atoms with Crippen LogP contribution in [0.4, 0.5) is 5.69 Å². The van der Waals surface area contributed by atoms with Crippen molar-refractivity contribution in [1.82, 2.24) is 0 Å². The summed E-state index contributed by atoms with van der Waals surface area (Å²) in [5.74, 6) is 0.924. The zero-order chi connectivity index (χ0) is 12.0. The van der Waals surface area contributed by atoms with Gasteiger partial charge in [0.15, 0.2) is 5.75 Å². The van der Waals surface area contributed by atoms with E-state index in [0.29, 0.717) is 23.7 Å². The molecule has 0 spiro atoms. The topological polar surface area (TPSA) is 52.4 Å². The number of hydrogen-bond donors (Lipinski definition) is 1. The van der Waals surface area contributed by atoms with E-state index in [1.165, 1.54) is 0 Å². The van der Waals surface area contributed by atoms with Gasteiger partial charge in [0, 0.05) is 11.3 Å². The maximum atomic E-state index is 10.8. The average Bonchev–Trinajstić information content (AvgIpc) is 2.24. The lowest BCUT2D eigenvalue weighted by molar-refractivity contribution is -0.386. The van der Waals surface area contributed by atoms with Crippen LogP contribution in [-0.4, -0.2) is 17.3 Å². The van der Waals surface area contributed by atoms with Crippen LogP contribution >= 0.6 is 12.6 Å². The van der Waals surface area contributed by atoms with Crippen LogP contribution in [0.1, 0.15) is 5.56 Å². The standard InChI is InChI=1S/C11H13NO3S/c1-9-5-4-6-10(11(9)12(13)14)15-7-2-3-8-16/h2-6,16H,7-8H2,1H3. The van der Waals surface area contributed by atoms with Gasteiger partial charge in [0.2, 0.25) is 0 Å². The molecule has 1 aromatic carbocycles. The van der Waals surface area contributed by atoms with E-state index in [1.54, 1.807) is 31.2 Å². The molecule has 1 aromatic rings. The Morgan fingerprint density at radius 1 is 1.50 bits per heavy atom. The average molecular weight is 239 g/mol. The van der Waals surface area contributed by atoms with Gasteiger partial charge in [-0.2, -0.15) is 12.6 Å². The van der Waals surface area contributed by atoms with Crippen LogP contribution < -0.4 is 4.74 Å². The molecule has 0 fully saturated rings. The number of benzene rings is 1. The van der Waals surface area contributed by atoms with Gasteiger partial charge < -0.3 is 4.74 Å². The second-order valence-corrected chi connectivity index (χ2v) is 3.51. The van der Waals surface area contributed by atoms with Gasteiger partial charge in [-0.1, -0.05) is 24.3 Å². The predicted octanol–water partition coefficient (Wildman–Crippen LogP) is 2.77. The van der Waals surface area contributed by atoms with Crippen molar-refractivity contribution in [3.8, 4) is 5.75 Å². The lowest BCUT2D eigenvalue weighted by atomic mass is 10.2. The third kappa shape index (κ3) is 3.27. The maximum absolute atomic E-state index is 10.8. The fourth-order valence-electron chi connectivity index (χ4n) is 1.26. The minimum Gasteiger partial charge on any atom is -0.483 e. The second kappa shape index (κ2) is 6.17. The first-order valence-electron chi connectivity index (χ1n) is 4.79. The number of nitrogens with zero attached hydrogens (tertiary/aromatic N) is 1. The van der Waals surface area contributed by atoms with E-state index in [9.17, 15) is 10.1 Å². The summed E-state index contributed by atoms with van der Waals surface area (Å²) in [6.45, 7) is 2.00. The molecule has 5 heteroatoms. The van der Waals surface area contributed by atoms with Gasteiger partial charge in [0.05, 0.1) is 4.92 Å². The molecule has 0 atom stereocenters. The lowest BCUT2D eigenvalue weighted by Crippen LogP contribution is -1.99. The quantitative estimate of drug-likeness (QED) is 0.372. The van der Waals surface area contributed by atoms with E-state index >= 15 is 0 Å². The van der Waals surface area contributed by atoms with Crippen LogP contribution in [0.5, 0.6) is 5.75 Å². The van der Waals surface area contributed by atoms with Crippen LogP contribution in [-0.2, 0) is 0 Å². The Morgan fingerprint density at radius 2 is 2.25 bits per heavy atom. The summed E-state index contributed by atoms with van der Waals surface area (Å²) >= 11 is 4.00. The largest absolute Gasteiger partial charge is 0.483 e. The molecule has 0 radical (unpaired) electrons. The number of thiol groups is 1. The highest BCUT2D eigenvalue weighted by Crippen LogP contribution is 2.29. The second-order valence-electron chi connectivity index (χ2n) is 3.14. The zero-order valence-electron chi connectivity index (χ0n) is 8.92. The number of hydrogen-bond acceptors (Lipinski definition) is 4. The molecule has 0 N–H and O–H groups in total. The summed E-state index contributed by atoms with van der Waals surface area (Å²) in [5, 5.41) is 10.8. The first-order chi connectivity index (χ1) is 7.66. The molecule has 0 heterocycles. The highest BCUT2D eigenvalue weighted by molar-refractivity contribution is 7.80. The Hall–Kier alpha value is -1.49. The van der Waals surface area contributed by atoms with Crippen LogP contribution in [0.2, 0.25) is 0 Å². The van der Waals surface area contributed by atoms with Crippen molar-refractivity contribution in [2.75, 3.05) is 12.4 Å². The maximum Gasteiger partial charge on any atom is 0.313 e. The first-order valence-corrected chi connectivity index (χ1v) is 5.42. The summed E-state index contributed by atoms with van der Waals surface area (Å²) in [6, 6.07) is 5.02. The highest BCUT2D eigenvalue weighted by Gasteiger charge is 2.17. The van der Waals surface area contributed by atoms with E-state index in [0.717, 1.165) is 0 Å². The fourth-order valence-corrected chi connectivity index (χ4v) is 1.41. The van der Waals surface area contributed by atoms with Gasteiger partial charge >= 0.3 is 5.69 Å². The Kier molecular flexibility index (Phi) is 4.85. The van der Waals surface area contributed by atoms with E-state index < -0.39 is 4.92 Å². The van der Waals surface area contributed by atoms with E-state index in [2.05, 4.69) is 12.6 Å². The molecule has 0 aliphatic heterocycles. The summed E-state index contributed by atoms with van der Waals surface area (Å²) in [7, 11) is 0. The Morgan fingerprint density at radius 3 is 2.88 bits per heavy atom. The highest BCUT2D eigenvalue weighted by atomic mass is 32.1.